The molecular formula is C11H8ClN5. The molecule has 0 aliphatic carbocycles. The number of nitrogens with two attached hydrogens (primary N) is 1. The Bertz CT molecular complexity index is 591. The number of hydrogen-bond acceptors (Lipinski definition) is 3. The van der Waals surface area contributed by atoms with Crippen molar-refractivity contribution >= 4 is 17.4 Å². The number of rotatable bonds is 2. The van der Waals surface area contributed by atoms with Gasteiger partial charge < -0.3 is 5.73 Å². The molecule has 0 fully saturated rings. The van der Waals surface area contributed by atoms with Crippen molar-refractivity contribution in [2.75, 3.05) is 0 Å². The molecule has 0 amide bonds. The van der Waals surface area contributed by atoms with Crippen LogP contribution in [-0.4, -0.2) is 16.0 Å². The number of hydrogen-bond donors (Lipinski definition) is 2. The third-order valence-electron chi connectivity index (χ3n) is 2.16. The van der Waals surface area contributed by atoms with Gasteiger partial charge in [-0.3, -0.25) is 5.10 Å². The van der Waals surface area contributed by atoms with E-state index in [4.69, 9.17) is 22.6 Å². The summed E-state index contributed by atoms with van der Waals surface area (Å²) in [6.07, 6.45) is 1.62. The fraction of sp³-hybridized carbons (Fsp3) is 0. The summed E-state index contributed by atoms with van der Waals surface area (Å²) in [6.45, 7) is 0. The lowest BCUT2D eigenvalue weighted by Gasteiger charge is -1.95. The molecule has 3 N–H and O–H groups in total. The predicted octanol–water partition coefficient (Wildman–Crippen LogP) is 1.92. The van der Waals surface area contributed by atoms with Crippen LogP contribution >= 0.6 is 11.6 Å². The molecular weight excluding hydrogens is 238 g/mol. The SMILES string of the molecule is N#CN=C(N)c1cc(-c2ccc(Cl)cc2)n[nH]1. The van der Waals surface area contributed by atoms with Gasteiger partial charge in [0.15, 0.2) is 5.84 Å². The fourth-order valence-corrected chi connectivity index (χ4v) is 1.46. The van der Waals surface area contributed by atoms with Crippen molar-refractivity contribution in [3.63, 3.8) is 0 Å². The maximum atomic E-state index is 8.39. The van der Waals surface area contributed by atoms with Gasteiger partial charge in [-0.25, -0.2) is 0 Å². The number of benzene rings is 1. The van der Waals surface area contributed by atoms with Crippen LogP contribution in [0.2, 0.25) is 5.02 Å². The summed E-state index contributed by atoms with van der Waals surface area (Å²) in [5.41, 5.74) is 7.69. The minimum Gasteiger partial charge on any atom is -0.381 e. The highest BCUT2D eigenvalue weighted by molar-refractivity contribution is 6.30. The van der Waals surface area contributed by atoms with E-state index in [1.165, 1.54) is 0 Å². The van der Waals surface area contributed by atoms with E-state index in [0.717, 1.165) is 5.56 Å². The molecule has 0 atom stereocenters. The molecule has 5 nitrogen and oxygen atoms in total. The Kier molecular flexibility index (Phi) is 3.08. The lowest BCUT2D eigenvalue weighted by molar-refractivity contribution is 1.08. The largest absolute Gasteiger partial charge is 0.381 e. The number of aromatic nitrogens is 2. The van der Waals surface area contributed by atoms with Crippen LogP contribution in [0, 0.1) is 11.5 Å². The molecule has 0 aliphatic heterocycles. The maximum Gasteiger partial charge on any atom is 0.207 e. The Labute approximate surface area is 103 Å². The summed E-state index contributed by atoms with van der Waals surface area (Å²) in [7, 11) is 0. The van der Waals surface area contributed by atoms with Gasteiger partial charge in [0.05, 0.1) is 5.69 Å². The molecule has 1 heterocycles. The first kappa shape index (κ1) is 11.2. The molecule has 2 aromatic rings. The van der Waals surface area contributed by atoms with Crippen LogP contribution in [-0.2, 0) is 0 Å². The number of aromatic amines is 1. The highest BCUT2D eigenvalue weighted by Gasteiger charge is 2.06. The smallest absolute Gasteiger partial charge is 0.207 e. The Morgan fingerprint density at radius 1 is 1.41 bits per heavy atom. The number of H-pyrrole nitrogens is 1. The summed E-state index contributed by atoms with van der Waals surface area (Å²) in [4.78, 5) is 3.42. The zero-order valence-corrected chi connectivity index (χ0v) is 9.44. The van der Waals surface area contributed by atoms with Crippen molar-refractivity contribution in [3.05, 3.63) is 41.0 Å². The number of nitrogens with zero attached hydrogens (tertiary/aromatic N) is 3. The van der Waals surface area contributed by atoms with E-state index in [9.17, 15) is 0 Å². The minimum absolute atomic E-state index is 0.111. The molecule has 0 saturated carbocycles. The second-order valence-corrected chi connectivity index (χ2v) is 3.71. The number of nitrogens with one attached hydrogen (secondary N) is 1. The Morgan fingerprint density at radius 2 is 2.12 bits per heavy atom. The molecule has 2 rings (SSSR count). The fourth-order valence-electron chi connectivity index (χ4n) is 1.34. The topological polar surface area (TPSA) is 90.8 Å². The van der Waals surface area contributed by atoms with Crippen LogP contribution in [0.3, 0.4) is 0 Å². The van der Waals surface area contributed by atoms with Gasteiger partial charge in [0.1, 0.15) is 5.69 Å². The van der Waals surface area contributed by atoms with Gasteiger partial charge in [-0.15, -0.1) is 0 Å². The Morgan fingerprint density at radius 3 is 2.76 bits per heavy atom. The monoisotopic (exact) mass is 245 g/mol. The zero-order chi connectivity index (χ0) is 12.3. The third-order valence-corrected chi connectivity index (χ3v) is 2.42. The average Bonchev–Trinajstić information content (AvgIpc) is 2.80. The van der Waals surface area contributed by atoms with E-state index in [-0.39, 0.29) is 5.84 Å². The van der Waals surface area contributed by atoms with E-state index >= 15 is 0 Å². The number of nitriles is 1. The summed E-state index contributed by atoms with van der Waals surface area (Å²) in [5, 5.41) is 15.8. The molecule has 6 heteroatoms. The van der Waals surface area contributed by atoms with Gasteiger partial charge in [-0.05, 0) is 18.2 Å². The van der Waals surface area contributed by atoms with Crippen LogP contribution in [0.1, 0.15) is 5.69 Å². The summed E-state index contributed by atoms with van der Waals surface area (Å²) in [5.74, 6) is 0.111. The second kappa shape index (κ2) is 4.68. The summed E-state index contributed by atoms with van der Waals surface area (Å²) >= 11 is 5.79. The molecule has 0 aliphatic rings. The average molecular weight is 246 g/mol. The normalized spacial score (nSPS) is 11.2. The number of amidine groups is 1. The maximum absolute atomic E-state index is 8.39. The first-order chi connectivity index (χ1) is 8.20. The van der Waals surface area contributed by atoms with Gasteiger partial charge >= 0.3 is 0 Å². The molecule has 84 valence electrons. The minimum atomic E-state index is 0.111. The zero-order valence-electron chi connectivity index (χ0n) is 8.68. The van der Waals surface area contributed by atoms with Crippen LogP contribution in [0.15, 0.2) is 35.3 Å². The quantitative estimate of drug-likeness (QED) is 0.481. The molecule has 0 saturated heterocycles. The van der Waals surface area contributed by atoms with Gasteiger partial charge in [0.2, 0.25) is 6.19 Å². The molecule has 0 spiro atoms. The van der Waals surface area contributed by atoms with Crippen LogP contribution in [0.5, 0.6) is 0 Å². The predicted molar refractivity (Wildman–Crippen MR) is 65.4 cm³/mol. The lowest BCUT2D eigenvalue weighted by Crippen LogP contribution is -2.13. The van der Waals surface area contributed by atoms with Crippen LogP contribution in [0.25, 0.3) is 11.3 Å². The molecule has 1 aromatic carbocycles. The van der Waals surface area contributed by atoms with Crippen molar-refractivity contribution in [2.24, 2.45) is 10.7 Å². The van der Waals surface area contributed by atoms with E-state index in [1.54, 1.807) is 24.4 Å². The van der Waals surface area contributed by atoms with E-state index in [0.29, 0.717) is 16.4 Å². The Hall–Kier alpha value is -2.32. The first-order valence-corrected chi connectivity index (χ1v) is 5.12. The van der Waals surface area contributed by atoms with Gasteiger partial charge in [0.25, 0.3) is 0 Å². The number of halogens is 1. The molecule has 0 radical (unpaired) electrons. The van der Waals surface area contributed by atoms with Crippen LogP contribution < -0.4 is 5.73 Å². The molecule has 17 heavy (non-hydrogen) atoms. The van der Waals surface area contributed by atoms with Crippen molar-refractivity contribution in [1.29, 1.82) is 5.26 Å². The van der Waals surface area contributed by atoms with Crippen LogP contribution in [0.4, 0.5) is 0 Å². The van der Waals surface area contributed by atoms with Crippen molar-refractivity contribution in [3.8, 4) is 17.5 Å². The van der Waals surface area contributed by atoms with Gasteiger partial charge in [0, 0.05) is 10.6 Å². The van der Waals surface area contributed by atoms with Crippen molar-refractivity contribution < 1.29 is 0 Å². The summed E-state index contributed by atoms with van der Waals surface area (Å²) < 4.78 is 0. The van der Waals surface area contributed by atoms with Crippen molar-refractivity contribution in [2.45, 2.75) is 0 Å². The third kappa shape index (κ3) is 2.44. The Balaban J connectivity index is 2.34. The van der Waals surface area contributed by atoms with Crippen molar-refractivity contribution in [1.82, 2.24) is 10.2 Å². The van der Waals surface area contributed by atoms with E-state index in [1.807, 2.05) is 12.1 Å². The highest BCUT2D eigenvalue weighted by atomic mass is 35.5. The second-order valence-electron chi connectivity index (χ2n) is 3.27. The molecule has 0 bridgehead atoms. The van der Waals surface area contributed by atoms with Gasteiger partial charge in [-0.1, -0.05) is 23.7 Å². The number of aliphatic imine (C=N–C) groups is 1. The van der Waals surface area contributed by atoms with Gasteiger partial charge in [-0.2, -0.15) is 15.4 Å². The summed E-state index contributed by atoms with van der Waals surface area (Å²) in [6, 6.07) is 8.97. The molecule has 0 unspecified atom stereocenters. The standard InChI is InChI=1S/C11H8ClN5/c12-8-3-1-7(2-4-8)9-5-10(17-16-9)11(14)15-6-13/h1-5H,(H2,14,15)(H,16,17). The van der Waals surface area contributed by atoms with E-state index < -0.39 is 0 Å². The van der Waals surface area contributed by atoms with E-state index in [2.05, 4.69) is 15.2 Å². The lowest BCUT2D eigenvalue weighted by atomic mass is 10.1. The first-order valence-electron chi connectivity index (χ1n) is 4.74. The molecule has 1 aromatic heterocycles. The highest BCUT2D eigenvalue weighted by Crippen LogP contribution is 2.19.